The predicted molar refractivity (Wildman–Crippen MR) is 49.1 cm³/mol. The van der Waals surface area contributed by atoms with Crippen molar-refractivity contribution in [3.63, 3.8) is 0 Å². The van der Waals surface area contributed by atoms with Crippen LogP contribution in [0.4, 0.5) is 0 Å². The van der Waals surface area contributed by atoms with E-state index < -0.39 is 5.24 Å². The highest BCUT2D eigenvalue weighted by atomic mass is 32.1. The zero-order chi connectivity index (χ0) is 9.11. The Labute approximate surface area is 71.6 Å². The van der Waals surface area contributed by atoms with Crippen LogP contribution >= 0.6 is 12.2 Å². The quantitative estimate of drug-likeness (QED) is 0.389. The van der Waals surface area contributed by atoms with Crippen LogP contribution in [0.2, 0.25) is 0 Å². The van der Waals surface area contributed by atoms with Crippen LogP contribution in [0.1, 0.15) is 0 Å². The van der Waals surface area contributed by atoms with E-state index in [0.717, 1.165) is 0 Å². The first-order valence-corrected chi connectivity index (χ1v) is 3.27. The Hall–Kier alpha value is -0.870. The van der Waals surface area contributed by atoms with Crippen LogP contribution in [0.15, 0.2) is 25.3 Å². The minimum Gasteiger partial charge on any atom is -0.473 e. The Kier molecular flexibility index (Phi) is 13.8. The molecule has 0 aliphatic rings. The molecule has 0 saturated heterocycles. The van der Waals surface area contributed by atoms with E-state index in [1.165, 1.54) is 0 Å². The number of ether oxygens (including phenoxy) is 1. The molecule has 0 bridgehead atoms. The highest BCUT2D eigenvalue weighted by Gasteiger charge is 1.70. The molecule has 0 saturated carbocycles. The average molecular weight is 176 g/mol. The summed E-state index contributed by atoms with van der Waals surface area (Å²) in [6.45, 7) is 8.18. The van der Waals surface area contributed by atoms with Crippen LogP contribution in [0, 0.1) is 0 Å². The maximum Gasteiger partial charge on any atom is 0.347 e. The summed E-state index contributed by atoms with van der Waals surface area (Å²) in [7, 11) is 0. The molecule has 0 spiro atoms. The molecule has 0 aliphatic carbocycles. The minimum absolute atomic E-state index is 0.617. The Balaban J connectivity index is 0. The van der Waals surface area contributed by atoms with Gasteiger partial charge in [-0.25, -0.2) is 0 Å². The normalized spacial score (nSPS) is 7.27. The number of aliphatic hydroxyl groups is 2. The molecule has 0 unspecified atom stereocenters. The van der Waals surface area contributed by atoms with Gasteiger partial charge < -0.3 is 14.9 Å². The van der Waals surface area contributed by atoms with Crippen molar-refractivity contribution in [2.45, 2.75) is 0 Å². The SMILES string of the molecule is C=CCOCC=C.OC(O)=S. The van der Waals surface area contributed by atoms with Gasteiger partial charge in [0, 0.05) is 12.2 Å². The maximum atomic E-state index is 7.34. The summed E-state index contributed by atoms with van der Waals surface area (Å²) in [4.78, 5) is 0. The molecular weight excluding hydrogens is 164 g/mol. The third kappa shape index (κ3) is 47.4. The highest BCUT2D eigenvalue weighted by Crippen LogP contribution is 1.72. The summed E-state index contributed by atoms with van der Waals surface area (Å²) < 4.78 is 4.90. The molecule has 0 radical (unpaired) electrons. The van der Waals surface area contributed by atoms with E-state index in [2.05, 4.69) is 25.4 Å². The Morgan fingerprint density at radius 2 is 1.55 bits per heavy atom. The molecule has 0 rings (SSSR count). The van der Waals surface area contributed by atoms with Gasteiger partial charge in [-0.05, 0) is 0 Å². The Bertz CT molecular complexity index is 111. The number of thiocarbonyl (C=S) groups is 1. The van der Waals surface area contributed by atoms with Gasteiger partial charge in [0.15, 0.2) is 0 Å². The van der Waals surface area contributed by atoms with E-state index in [1.54, 1.807) is 12.2 Å². The van der Waals surface area contributed by atoms with E-state index in [1.807, 2.05) is 0 Å². The Morgan fingerprint density at radius 1 is 1.27 bits per heavy atom. The van der Waals surface area contributed by atoms with Gasteiger partial charge in [-0.15, -0.1) is 13.2 Å². The molecule has 3 nitrogen and oxygen atoms in total. The van der Waals surface area contributed by atoms with Crippen LogP contribution in [0.5, 0.6) is 0 Å². The third-order valence-electron chi connectivity index (χ3n) is 0.471. The lowest BCUT2D eigenvalue weighted by Crippen LogP contribution is -1.87. The second-order valence-corrected chi connectivity index (χ2v) is 1.76. The van der Waals surface area contributed by atoms with Gasteiger partial charge in [0.05, 0.1) is 13.2 Å². The van der Waals surface area contributed by atoms with Crippen molar-refractivity contribution < 1.29 is 14.9 Å². The molecule has 0 atom stereocenters. The van der Waals surface area contributed by atoms with Crippen molar-refractivity contribution >= 4 is 17.5 Å². The van der Waals surface area contributed by atoms with Crippen LogP contribution in [0.3, 0.4) is 0 Å². The van der Waals surface area contributed by atoms with E-state index >= 15 is 0 Å². The number of rotatable bonds is 4. The zero-order valence-electron chi connectivity index (χ0n) is 6.19. The Morgan fingerprint density at radius 3 is 1.73 bits per heavy atom. The fraction of sp³-hybridized carbons (Fsp3) is 0.286. The fourth-order valence-electron chi connectivity index (χ4n) is 0.235. The lowest BCUT2D eigenvalue weighted by molar-refractivity contribution is 0.194. The van der Waals surface area contributed by atoms with E-state index in [4.69, 9.17) is 14.9 Å². The van der Waals surface area contributed by atoms with Crippen molar-refractivity contribution in [2.24, 2.45) is 0 Å². The van der Waals surface area contributed by atoms with Crippen LogP contribution < -0.4 is 0 Å². The first-order valence-electron chi connectivity index (χ1n) is 2.86. The van der Waals surface area contributed by atoms with Gasteiger partial charge >= 0.3 is 5.24 Å². The smallest absolute Gasteiger partial charge is 0.347 e. The first kappa shape index (κ1) is 12.8. The first-order chi connectivity index (χ1) is 5.15. The fourth-order valence-corrected chi connectivity index (χ4v) is 0.235. The summed E-state index contributed by atoms with van der Waals surface area (Å²) in [5, 5.41) is 13.7. The van der Waals surface area contributed by atoms with E-state index in [0.29, 0.717) is 13.2 Å². The van der Waals surface area contributed by atoms with Crippen molar-refractivity contribution in [3.8, 4) is 0 Å². The second-order valence-electron chi connectivity index (χ2n) is 1.40. The molecule has 0 heterocycles. The van der Waals surface area contributed by atoms with Crippen molar-refractivity contribution in [2.75, 3.05) is 13.2 Å². The maximum absolute atomic E-state index is 7.34. The summed E-state index contributed by atoms with van der Waals surface area (Å²) in [6.07, 6.45) is 3.42. The molecule has 0 amide bonds. The molecule has 4 heteroatoms. The molecule has 11 heavy (non-hydrogen) atoms. The number of hydrogen-bond donors (Lipinski definition) is 2. The van der Waals surface area contributed by atoms with Gasteiger partial charge in [0.1, 0.15) is 0 Å². The van der Waals surface area contributed by atoms with Gasteiger partial charge in [-0.1, -0.05) is 12.2 Å². The topological polar surface area (TPSA) is 49.7 Å². The molecule has 0 aromatic rings. The summed E-state index contributed by atoms with van der Waals surface area (Å²) >= 11 is 3.65. The largest absolute Gasteiger partial charge is 0.473 e. The molecule has 0 aromatic heterocycles. The lowest BCUT2D eigenvalue weighted by atomic mass is 10.6. The van der Waals surface area contributed by atoms with Crippen molar-refractivity contribution in [1.29, 1.82) is 0 Å². The molecule has 2 N–H and O–H groups in total. The van der Waals surface area contributed by atoms with E-state index in [-0.39, 0.29) is 0 Å². The minimum atomic E-state index is -1.000. The summed E-state index contributed by atoms with van der Waals surface area (Å²) in [5.74, 6) is 0. The van der Waals surface area contributed by atoms with Crippen molar-refractivity contribution in [1.82, 2.24) is 0 Å². The monoisotopic (exact) mass is 176 g/mol. The summed E-state index contributed by atoms with van der Waals surface area (Å²) in [6, 6.07) is 0. The lowest BCUT2D eigenvalue weighted by Gasteiger charge is -1.89. The highest BCUT2D eigenvalue weighted by molar-refractivity contribution is 7.79. The van der Waals surface area contributed by atoms with Crippen LogP contribution in [0.25, 0.3) is 0 Å². The molecule has 0 fully saturated rings. The van der Waals surface area contributed by atoms with Gasteiger partial charge in [-0.2, -0.15) is 0 Å². The van der Waals surface area contributed by atoms with Gasteiger partial charge in [0.25, 0.3) is 0 Å². The number of aliphatic hydroxyl groups excluding tert-OH is 1. The zero-order valence-corrected chi connectivity index (χ0v) is 7.01. The standard InChI is InChI=1S/C6H10O.CH2O2S/c1-3-5-7-6-4-2;2-1(3)4/h3-4H,1-2,5-6H2;(H2,2,3,4). The second kappa shape index (κ2) is 11.9. The van der Waals surface area contributed by atoms with Crippen LogP contribution in [-0.4, -0.2) is 28.7 Å². The molecular formula is C7H12O3S. The number of hydrogen-bond acceptors (Lipinski definition) is 2. The van der Waals surface area contributed by atoms with E-state index in [9.17, 15) is 0 Å². The molecule has 64 valence electrons. The van der Waals surface area contributed by atoms with Crippen LogP contribution in [-0.2, 0) is 4.74 Å². The molecule has 0 aromatic carbocycles. The average Bonchev–Trinajstić information content (AvgIpc) is 1.88. The van der Waals surface area contributed by atoms with Gasteiger partial charge in [0.2, 0.25) is 0 Å². The third-order valence-corrected chi connectivity index (χ3v) is 0.471. The predicted octanol–water partition coefficient (Wildman–Crippen LogP) is 1.76. The van der Waals surface area contributed by atoms with Gasteiger partial charge in [-0.3, -0.25) is 0 Å². The molecule has 0 aliphatic heterocycles. The van der Waals surface area contributed by atoms with Crippen molar-refractivity contribution in [3.05, 3.63) is 25.3 Å². The summed E-state index contributed by atoms with van der Waals surface area (Å²) in [5.41, 5.74) is 0.